The summed E-state index contributed by atoms with van der Waals surface area (Å²) in [6, 6.07) is 12.7. The zero-order valence-electron chi connectivity index (χ0n) is 15.3. The number of hydrogen-bond donors (Lipinski definition) is 1. The van der Waals surface area contributed by atoms with Gasteiger partial charge in [0, 0.05) is 5.92 Å². The van der Waals surface area contributed by atoms with Crippen molar-refractivity contribution in [1.82, 2.24) is 0 Å². The highest BCUT2D eigenvalue weighted by Crippen LogP contribution is 2.35. The van der Waals surface area contributed by atoms with Crippen molar-refractivity contribution in [3.05, 3.63) is 58.7 Å². The fourth-order valence-corrected chi connectivity index (χ4v) is 3.17. The zero-order chi connectivity index (χ0) is 17.5. The van der Waals surface area contributed by atoms with Crippen molar-refractivity contribution in [2.75, 3.05) is 19.8 Å². The van der Waals surface area contributed by atoms with E-state index in [2.05, 4.69) is 38.1 Å². The summed E-state index contributed by atoms with van der Waals surface area (Å²) in [7, 11) is 0. The van der Waals surface area contributed by atoms with Gasteiger partial charge in [-0.05, 0) is 63.4 Å². The number of benzene rings is 2. The average Bonchev–Trinajstić information content (AvgIpc) is 2.56. The molecule has 0 saturated heterocycles. The fraction of sp³-hybridized carbons (Fsp3) is 0.429. The molecule has 0 amide bonds. The largest absolute Gasteiger partial charge is 0.490 e. The highest BCUT2D eigenvalue weighted by Gasteiger charge is 2.18. The molecule has 3 nitrogen and oxygen atoms in total. The molecule has 0 aliphatic rings. The third-order valence-corrected chi connectivity index (χ3v) is 4.26. The maximum Gasteiger partial charge on any atom is 0.164 e. The van der Waals surface area contributed by atoms with Gasteiger partial charge in [-0.2, -0.15) is 0 Å². The van der Waals surface area contributed by atoms with Crippen LogP contribution in [0.3, 0.4) is 0 Å². The van der Waals surface area contributed by atoms with Crippen LogP contribution in [-0.2, 0) is 6.42 Å². The molecule has 130 valence electrons. The monoisotopic (exact) mass is 327 g/mol. The molecule has 2 N–H and O–H groups in total. The Kier molecular flexibility index (Phi) is 6.68. The van der Waals surface area contributed by atoms with Gasteiger partial charge in [0.15, 0.2) is 11.5 Å². The quantitative estimate of drug-likeness (QED) is 0.782. The maximum atomic E-state index is 6.11. The Morgan fingerprint density at radius 2 is 1.75 bits per heavy atom. The molecule has 0 fully saturated rings. The summed E-state index contributed by atoms with van der Waals surface area (Å²) < 4.78 is 11.6. The van der Waals surface area contributed by atoms with Gasteiger partial charge in [-0.15, -0.1) is 0 Å². The van der Waals surface area contributed by atoms with Crippen molar-refractivity contribution in [3.63, 3.8) is 0 Å². The second-order valence-electron chi connectivity index (χ2n) is 6.11. The van der Waals surface area contributed by atoms with Crippen LogP contribution in [-0.4, -0.2) is 19.8 Å². The van der Waals surface area contributed by atoms with Gasteiger partial charge in [0.05, 0.1) is 13.2 Å². The van der Waals surface area contributed by atoms with E-state index in [-0.39, 0.29) is 5.92 Å². The third-order valence-electron chi connectivity index (χ3n) is 4.26. The molecule has 0 spiro atoms. The predicted octanol–water partition coefficient (Wildman–Crippen LogP) is 4.39. The number of nitrogens with two attached hydrogens (primary N) is 1. The summed E-state index contributed by atoms with van der Waals surface area (Å²) >= 11 is 0. The summed E-state index contributed by atoms with van der Waals surface area (Å²) in [5.41, 5.74) is 11.1. The third kappa shape index (κ3) is 4.30. The van der Waals surface area contributed by atoms with Crippen LogP contribution in [0.1, 0.15) is 42.0 Å². The van der Waals surface area contributed by atoms with E-state index >= 15 is 0 Å². The molecule has 1 atom stereocenters. The van der Waals surface area contributed by atoms with Gasteiger partial charge in [-0.25, -0.2) is 0 Å². The molecular weight excluding hydrogens is 298 g/mol. The number of aryl methyl sites for hydroxylation is 2. The number of ether oxygens (including phenoxy) is 2. The molecule has 0 aromatic heterocycles. The topological polar surface area (TPSA) is 44.5 Å². The normalized spacial score (nSPS) is 12.0. The van der Waals surface area contributed by atoms with Crippen LogP contribution >= 0.6 is 0 Å². The lowest BCUT2D eigenvalue weighted by molar-refractivity contribution is 0.285. The molecule has 2 aromatic carbocycles. The van der Waals surface area contributed by atoms with Gasteiger partial charge in [-0.3, -0.25) is 0 Å². The summed E-state index contributed by atoms with van der Waals surface area (Å²) in [6.07, 6.45) is 0.844. The van der Waals surface area contributed by atoms with Crippen LogP contribution in [0.25, 0.3) is 0 Å². The van der Waals surface area contributed by atoms with Crippen LogP contribution in [0.5, 0.6) is 11.5 Å². The van der Waals surface area contributed by atoms with Crippen LogP contribution < -0.4 is 15.2 Å². The van der Waals surface area contributed by atoms with E-state index in [0.717, 1.165) is 23.5 Å². The van der Waals surface area contributed by atoms with Crippen LogP contribution in [0, 0.1) is 13.8 Å². The van der Waals surface area contributed by atoms with Gasteiger partial charge in [0.2, 0.25) is 0 Å². The molecule has 2 aromatic rings. The van der Waals surface area contributed by atoms with Gasteiger partial charge in [0.1, 0.15) is 0 Å². The average molecular weight is 327 g/mol. The fourth-order valence-electron chi connectivity index (χ4n) is 3.17. The van der Waals surface area contributed by atoms with Crippen molar-refractivity contribution < 1.29 is 9.47 Å². The highest BCUT2D eigenvalue weighted by atomic mass is 16.5. The Morgan fingerprint density at radius 3 is 2.38 bits per heavy atom. The summed E-state index contributed by atoms with van der Waals surface area (Å²) in [5, 5.41) is 0. The Morgan fingerprint density at radius 1 is 1.00 bits per heavy atom. The molecule has 0 heterocycles. The summed E-state index contributed by atoms with van der Waals surface area (Å²) in [6.45, 7) is 10.1. The lowest BCUT2D eigenvalue weighted by Gasteiger charge is -2.21. The Balaban J connectivity index is 2.35. The Labute approximate surface area is 145 Å². The lowest BCUT2D eigenvalue weighted by Crippen LogP contribution is -2.17. The van der Waals surface area contributed by atoms with E-state index in [1.807, 2.05) is 26.0 Å². The molecule has 1 unspecified atom stereocenters. The minimum Gasteiger partial charge on any atom is -0.490 e. The van der Waals surface area contributed by atoms with E-state index in [9.17, 15) is 0 Å². The number of rotatable bonds is 8. The Bertz CT molecular complexity index is 667. The number of para-hydroxylation sites is 1. The van der Waals surface area contributed by atoms with Gasteiger partial charge in [0.25, 0.3) is 0 Å². The molecule has 0 aliphatic heterocycles. The highest BCUT2D eigenvalue weighted by molar-refractivity contribution is 5.48. The first-order valence-electron chi connectivity index (χ1n) is 8.75. The van der Waals surface area contributed by atoms with Crippen molar-refractivity contribution in [1.29, 1.82) is 0 Å². The summed E-state index contributed by atoms with van der Waals surface area (Å²) in [5.74, 6) is 1.93. The van der Waals surface area contributed by atoms with Crippen molar-refractivity contribution >= 4 is 0 Å². The van der Waals surface area contributed by atoms with Crippen LogP contribution in [0.2, 0.25) is 0 Å². The Hall–Kier alpha value is -2.00. The van der Waals surface area contributed by atoms with E-state index in [4.69, 9.17) is 15.2 Å². The first kappa shape index (κ1) is 18.3. The molecule has 3 heteroatoms. The standard InChI is InChI=1S/C21H29NO2/c1-5-23-20-9-7-8-17(21(20)24-6-2)13-18(14-22)19-11-10-15(3)12-16(19)4/h7-12,18H,5-6,13-14,22H2,1-4H3. The van der Waals surface area contributed by atoms with Crippen molar-refractivity contribution in [3.8, 4) is 11.5 Å². The first-order chi connectivity index (χ1) is 11.6. The zero-order valence-corrected chi connectivity index (χ0v) is 15.3. The van der Waals surface area contributed by atoms with Crippen LogP contribution in [0.4, 0.5) is 0 Å². The minimum atomic E-state index is 0.265. The predicted molar refractivity (Wildman–Crippen MR) is 100 cm³/mol. The number of hydrogen-bond acceptors (Lipinski definition) is 3. The molecular formula is C21H29NO2. The smallest absolute Gasteiger partial charge is 0.164 e. The molecule has 24 heavy (non-hydrogen) atoms. The maximum absolute atomic E-state index is 6.11. The first-order valence-corrected chi connectivity index (χ1v) is 8.75. The minimum absolute atomic E-state index is 0.265. The second kappa shape index (κ2) is 8.74. The molecule has 0 aliphatic carbocycles. The van der Waals surface area contributed by atoms with Crippen LogP contribution in [0.15, 0.2) is 36.4 Å². The van der Waals surface area contributed by atoms with Gasteiger partial charge in [-0.1, -0.05) is 35.9 Å². The van der Waals surface area contributed by atoms with E-state index in [0.29, 0.717) is 19.8 Å². The van der Waals surface area contributed by atoms with E-state index in [1.165, 1.54) is 16.7 Å². The molecule has 0 saturated carbocycles. The van der Waals surface area contributed by atoms with Gasteiger partial charge >= 0.3 is 0 Å². The van der Waals surface area contributed by atoms with Gasteiger partial charge < -0.3 is 15.2 Å². The van der Waals surface area contributed by atoms with E-state index < -0.39 is 0 Å². The lowest BCUT2D eigenvalue weighted by atomic mass is 9.88. The second-order valence-corrected chi connectivity index (χ2v) is 6.11. The van der Waals surface area contributed by atoms with Crippen molar-refractivity contribution in [2.24, 2.45) is 5.73 Å². The van der Waals surface area contributed by atoms with Crippen molar-refractivity contribution in [2.45, 2.75) is 40.0 Å². The van der Waals surface area contributed by atoms with E-state index in [1.54, 1.807) is 0 Å². The molecule has 0 radical (unpaired) electrons. The molecule has 2 rings (SSSR count). The SMILES string of the molecule is CCOc1cccc(CC(CN)c2ccc(C)cc2C)c1OCC. The molecule has 0 bridgehead atoms. The summed E-state index contributed by atoms with van der Waals surface area (Å²) in [4.78, 5) is 0.